The first kappa shape index (κ1) is 9.51. The zero-order valence-corrected chi connectivity index (χ0v) is 7.17. The van der Waals surface area contributed by atoms with Gasteiger partial charge >= 0.3 is 0 Å². The van der Waals surface area contributed by atoms with Gasteiger partial charge < -0.3 is 10.4 Å². The maximum Gasteiger partial charge on any atom is 0.217 e. The van der Waals surface area contributed by atoms with E-state index >= 15 is 0 Å². The number of nitrogens with one attached hydrogen (secondary N) is 1. The Hall–Kier alpha value is -1.58. The van der Waals surface area contributed by atoms with Crippen LogP contribution in [0, 0.1) is 5.82 Å². The molecule has 0 bridgehead atoms. The molecule has 0 unspecified atom stereocenters. The van der Waals surface area contributed by atoms with E-state index < -0.39 is 11.6 Å². The van der Waals surface area contributed by atoms with Crippen molar-refractivity contribution >= 4 is 5.91 Å². The summed E-state index contributed by atoms with van der Waals surface area (Å²) in [5.41, 5.74) is 0.371. The Morgan fingerprint density at radius 3 is 2.92 bits per heavy atom. The van der Waals surface area contributed by atoms with Gasteiger partial charge in [-0.1, -0.05) is 12.1 Å². The predicted molar refractivity (Wildman–Crippen MR) is 45.6 cm³/mol. The lowest BCUT2D eigenvalue weighted by atomic mass is 10.2. The van der Waals surface area contributed by atoms with Crippen LogP contribution in [-0.4, -0.2) is 11.0 Å². The molecule has 2 N–H and O–H groups in total. The Kier molecular flexibility index (Phi) is 2.84. The second kappa shape index (κ2) is 3.89. The van der Waals surface area contributed by atoms with E-state index in [1.807, 2.05) is 0 Å². The summed E-state index contributed by atoms with van der Waals surface area (Å²) in [6.45, 7) is 1.50. The van der Waals surface area contributed by atoms with Gasteiger partial charge in [0.25, 0.3) is 0 Å². The van der Waals surface area contributed by atoms with E-state index in [-0.39, 0.29) is 12.5 Å². The summed E-state index contributed by atoms with van der Waals surface area (Å²) in [7, 11) is 0. The van der Waals surface area contributed by atoms with Crippen LogP contribution >= 0.6 is 0 Å². The van der Waals surface area contributed by atoms with Crippen molar-refractivity contribution in [3.8, 4) is 5.75 Å². The van der Waals surface area contributed by atoms with Gasteiger partial charge in [0.15, 0.2) is 11.6 Å². The molecule has 3 nitrogen and oxygen atoms in total. The molecule has 1 aromatic rings. The normalized spacial score (nSPS) is 9.69. The van der Waals surface area contributed by atoms with Crippen LogP contribution in [0.3, 0.4) is 0 Å². The molecule has 0 atom stereocenters. The van der Waals surface area contributed by atoms with Gasteiger partial charge in [-0.25, -0.2) is 4.39 Å². The van der Waals surface area contributed by atoms with Crippen molar-refractivity contribution in [3.63, 3.8) is 0 Å². The highest BCUT2D eigenvalue weighted by molar-refractivity contribution is 5.72. The minimum absolute atomic E-state index is 0.138. The van der Waals surface area contributed by atoms with Gasteiger partial charge in [0.05, 0.1) is 0 Å². The molecule has 0 aliphatic rings. The van der Waals surface area contributed by atoms with Crippen LogP contribution in [-0.2, 0) is 11.3 Å². The number of carbonyl (C=O) groups is 1. The van der Waals surface area contributed by atoms with Crippen LogP contribution in [0.15, 0.2) is 18.2 Å². The first-order chi connectivity index (χ1) is 6.11. The molecule has 0 spiro atoms. The topological polar surface area (TPSA) is 49.3 Å². The Bertz CT molecular complexity index is 325. The standard InChI is InChI=1S/C9H10FNO2/c1-6(12)11-5-7-3-2-4-8(10)9(7)13/h2-4,13H,5H2,1H3,(H,11,12). The molecule has 0 aromatic heterocycles. The maximum absolute atomic E-state index is 12.7. The van der Waals surface area contributed by atoms with Crippen LogP contribution in [0.2, 0.25) is 0 Å². The minimum Gasteiger partial charge on any atom is -0.505 e. The second-order valence-corrected chi connectivity index (χ2v) is 2.66. The molecule has 0 fully saturated rings. The zero-order valence-electron chi connectivity index (χ0n) is 7.17. The van der Waals surface area contributed by atoms with Gasteiger partial charge in [-0.2, -0.15) is 0 Å². The highest BCUT2D eigenvalue weighted by atomic mass is 19.1. The molecule has 1 aromatic carbocycles. The number of benzene rings is 1. The number of amides is 1. The number of rotatable bonds is 2. The lowest BCUT2D eigenvalue weighted by Crippen LogP contribution is -2.18. The van der Waals surface area contributed by atoms with Crippen LogP contribution in [0.25, 0.3) is 0 Å². The number of phenols is 1. The van der Waals surface area contributed by atoms with Crippen LogP contribution in [0.4, 0.5) is 4.39 Å². The largest absolute Gasteiger partial charge is 0.505 e. The molecule has 1 rings (SSSR count). The fourth-order valence-electron chi connectivity index (χ4n) is 0.922. The summed E-state index contributed by atoms with van der Waals surface area (Å²) in [5.74, 6) is -1.30. The van der Waals surface area contributed by atoms with Gasteiger partial charge in [0, 0.05) is 19.0 Å². The maximum atomic E-state index is 12.7. The molecule has 4 heteroatoms. The summed E-state index contributed by atoms with van der Waals surface area (Å²) in [5, 5.41) is 11.6. The lowest BCUT2D eigenvalue weighted by molar-refractivity contribution is -0.119. The first-order valence-electron chi connectivity index (χ1n) is 3.82. The Balaban J connectivity index is 2.77. The fraction of sp³-hybridized carbons (Fsp3) is 0.222. The molecule has 0 saturated heterocycles. The number of hydrogen-bond acceptors (Lipinski definition) is 2. The van der Waals surface area contributed by atoms with E-state index in [4.69, 9.17) is 0 Å². The highest BCUT2D eigenvalue weighted by Gasteiger charge is 2.05. The van der Waals surface area contributed by atoms with Gasteiger partial charge in [-0.15, -0.1) is 0 Å². The third-order valence-corrected chi connectivity index (χ3v) is 1.60. The number of halogens is 1. The van der Waals surface area contributed by atoms with E-state index in [1.54, 1.807) is 6.07 Å². The third-order valence-electron chi connectivity index (χ3n) is 1.60. The summed E-state index contributed by atoms with van der Waals surface area (Å²) in [4.78, 5) is 10.5. The van der Waals surface area contributed by atoms with E-state index in [0.29, 0.717) is 5.56 Å². The number of phenolic OH excluding ortho intramolecular Hbond substituents is 1. The molecule has 0 saturated carbocycles. The lowest BCUT2D eigenvalue weighted by Gasteiger charge is -2.04. The molecule has 70 valence electrons. The van der Waals surface area contributed by atoms with E-state index in [9.17, 15) is 14.3 Å². The number of hydrogen-bond donors (Lipinski definition) is 2. The third kappa shape index (κ3) is 2.43. The molecule has 0 radical (unpaired) electrons. The number of carbonyl (C=O) groups excluding carboxylic acids is 1. The van der Waals surface area contributed by atoms with Crippen molar-refractivity contribution in [2.45, 2.75) is 13.5 Å². The molecular formula is C9H10FNO2. The van der Waals surface area contributed by atoms with Crippen molar-refractivity contribution in [2.24, 2.45) is 0 Å². The van der Waals surface area contributed by atoms with Gasteiger partial charge in [-0.05, 0) is 6.07 Å². The van der Waals surface area contributed by atoms with Crippen LogP contribution in [0.5, 0.6) is 5.75 Å². The second-order valence-electron chi connectivity index (χ2n) is 2.66. The summed E-state index contributed by atoms with van der Waals surface area (Å²) < 4.78 is 12.7. The number of para-hydroxylation sites is 1. The van der Waals surface area contributed by atoms with Crippen molar-refractivity contribution in [2.75, 3.05) is 0 Å². The summed E-state index contributed by atoms with van der Waals surface area (Å²) in [6, 6.07) is 4.19. The van der Waals surface area contributed by atoms with Crippen LogP contribution < -0.4 is 5.32 Å². The quantitative estimate of drug-likeness (QED) is 0.723. The molecule has 0 heterocycles. The highest BCUT2D eigenvalue weighted by Crippen LogP contribution is 2.19. The van der Waals surface area contributed by atoms with Gasteiger partial charge in [-0.3, -0.25) is 4.79 Å². The van der Waals surface area contributed by atoms with Crippen molar-refractivity contribution in [1.82, 2.24) is 5.32 Å². The van der Waals surface area contributed by atoms with E-state index in [1.165, 1.54) is 13.0 Å². The van der Waals surface area contributed by atoms with E-state index in [0.717, 1.165) is 6.07 Å². The Morgan fingerprint density at radius 1 is 1.62 bits per heavy atom. The average Bonchev–Trinajstić information content (AvgIpc) is 2.07. The van der Waals surface area contributed by atoms with Crippen molar-refractivity contribution < 1.29 is 14.3 Å². The zero-order chi connectivity index (χ0) is 9.84. The van der Waals surface area contributed by atoms with Crippen molar-refractivity contribution in [3.05, 3.63) is 29.6 Å². The number of aromatic hydroxyl groups is 1. The molecule has 0 aliphatic heterocycles. The van der Waals surface area contributed by atoms with Gasteiger partial charge in [0.1, 0.15) is 0 Å². The minimum atomic E-state index is -0.678. The average molecular weight is 183 g/mol. The summed E-state index contributed by atoms with van der Waals surface area (Å²) in [6.07, 6.45) is 0. The molecular weight excluding hydrogens is 173 g/mol. The fourth-order valence-corrected chi connectivity index (χ4v) is 0.922. The van der Waals surface area contributed by atoms with E-state index in [2.05, 4.69) is 5.32 Å². The van der Waals surface area contributed by atoms with Crippen LogP contribution in [0.1, 0.15) is 12.5 Å². The van der Waals surface area contributed by atoms with Gasteiger partial charge in [0.2, 0.25) is 5.91 Å². The molecule has 1 amide bonds. The molecule has 13 heavy (non-hydrogen) atoms. The summed E-state index contributed by atoms with van der Waals surface area (Å²) >= 11 is 0. The Morgan fingerprint density at radius 2 is 2.31 bits per heavy atom. The smallest absolute Gasteiger partial charge is 0.217 e. The molecule has 0 aliphatic carbocycles. The Labute approximate surface area is 75.2 Å². The first-order valence-corrected chi connectivity index (χ1v) is 3.82. The predicted octanol–water partition coefficient (Wildman–Crippen LogP) is 1.17. The van der Waals surface area contributed by atoms with Crippen molar-refractivity contribution in [1.29, 1.82) is 0 Å². The monoisotopic (exact) mass is 183 g/mol. The SMILES string of the molecule is CC(=O)NCc1cccc(F)c1O.